The summed E-state index contributed by atoms with van der Waals surface area (Å²) >= 11 is 0. The van der Waals surface area contributed by atoms with Gasteiger partial charge in [-0.15, -0.1) is 12.4 Å². The van der Waals surface area contributed by atoms with Gasteiger partial charge in [-0.05, 0) is 24.1 Å². The summed E-state index contributed by atoms with van der Waals surface area (Å²) < 4.78 is 22.4. The van der Waals surface area contributed by atoms with Gasteiger partial charge in [-0.2, -0.15) is 0 Å². The van der Waals surface area contributed by atoms with Crippen LogP contribution in [0.15, 0.2) is 23.1 Å². The molecule has 0 aliphatic carbocycles. The van der Waals surface area contributed by atoms with Gasteiger partial charge < -0.3 is 10.8 Å². The Kier molecular flexibility index (Phi) is 5.37. The predicted octanol–water partition coefficient (Wildman–Crippen LogP) is 0.0563. The van der Waals surface area contributed by atoms with Crippen molar-refractivity contribution in [3.63, 3.8) is 0 Å². The number of primary sulfonamides is 1. The Morgan fingerprint density at radius 1 is 1.44 bits per heavy atom. The number of halogens is 1. The summed E-state index contributed by atoms with van der Waals surface area (Å²) in [5, 5.41) is 14.5. The van der Waals surface area contributed by atoms with Crippen LogP contribution in [0.1, 0.15) is 17.2 Å². The molecule has 0 spiro atoms. The molecule has 1 rings (SSSR count). The van der Waals surface area contributed by atoms with Crippen LogP contribution in [0.4, 0.5) is 0 Å². The molecule has 1 aromatic rings. The van der Waals surface area contributed by atoms with Gasteiger partial charge in [0.2, 0.25) is 10.0 Å². The molecule has 16 heavy (non-hydrogen) atoms. The second-order valence-electron chi connectivity index (χ2n) is 3.32. The molecule has 0 radical (unpaired) electrons. The smallest absolute Gasteiger partial charge is 0.238 e. The van der Waals surface area contributed by atoms with Gasteiger partial charge in [-0.3, -0.25) is 0 Å². The molecule has 0 fully saturated rings. The quantitative estimate of drug-likeness (QED) is 0.719. The van der Waals surface area contributed by atoms with Gasteiger partial charge in [0.1, 0.15) is 0 Å². The van der Waals surface area contributed by atoms with Crippen LogP contribution >= 0.6 is 12.4 Å². The van der Waals surface area contributed by atoms with Gasteiger partial charge in [0.15, 0.2) is 0 Å². The maximum atomic E-state index is 11.2. The molecule has 7 heteroatoms. The highest BCUT2D eigenvalue weighted by Gasteiger charge is 2.14. The number of hydrogen-bond donors (Lipinski definition) is 3. The van der Waals surface area contributed by atoms with Crippen LogP contribution in [-0.4, -0.2) is 20.1 Å². The van der Waals surface area contributed by atoms with Crippen LogP contribution in [0.2, 0.25) is 0 Å². The van der Waals surface area contributed by atoms with Gasteiger partial charge >= 0.3 is 0 Å². The number of nitrogens with two attached hydrogens (primary N) is 2. The molecular formula is C9H15ClN2O3S. The number of sulfonamides is 1. The topological polar surface area (TPSA) is 106 Å². The molecule has 1 unspecified atom stereocenters. The van der Waals surface area contributed by atoms with Gasteiger partial charge in [-0.25, -0.2) is 13.6 Å². The lowest BCUT2D eigenvalue weighted by Gasteiger charge is -2.10. The van der Waals surface area contributed by atoms with Crippen molar-refractivity contribution in [1.29, 1.82) is 0 Å². The lowest BCUT2D eigenvalue weighted by atomic mass is 10.1. The molecular weight excluding hydrogens is 252 g/mol. The normalized spacial score (nSPS) is 13.0. The van der Waals surface area contributed by atoms with Gasteiger partial charge in [0.05, 0.1) is 11.0 Å². The van der Waals surface area contributed by atoms with E-state index in [-0.39, 0.29) is 23.8 Å². The summed E-state index contributed by atoms with van der Waals surface area (Å²) in [5.41, 5.74) is 6.27. The molecule has 5 nitrogen and oxygen atoms in total. The third-order valence-corrected chi connectivity index (χ3v) is 3.18. The first-order valence-electron chi connectivity index (χ1n) is 4.37. The molecule has 0 heterocycles. The van der Waals surface area contributed by atoms with Crippen molar-refractivity contribution in [1.82, 2.24) is 0 Å². The van der Waals surface area contributed by atoms with E-state index in [2.05, 4.69) is 0 Å². The van der Waals surface area contributed by atoms with Crippen molar-refractivity contribution >= 4 is 22.4 Å². The van der Waals surface area contributed by atoms with E-state index in [9.17, 15) is 13.5 Å². The Morgan fingerprint density at radius 2 is 2.00 bits per heavy atom. The Bertz CT molecular complexity index is 462. The standard InChI is InChI=1S/C9H14N2O3S.ClH/c1-6-2-3-7(8(12)5-10)4-9(6)15(11,13)14;/h2-4,8,12H,5,10H2,1H3,(H2,11,13,14);1H. The van der Waals surface area contributed by atoms with Gasteiger partial charge in [0.25, 0.3) is 0 Å². The van der Waals surface area contributed by atoms with Crippen molar-refractivity contribution in [3.8, 4) is 0 Å². The van der Waals surface area contributed by atoms with E-state index < -0.39 is 16.1 Å². The van der Waals surface area contributed by atoms with Crippen LogP contribution in [0.25, 0.3) is 0 Å². The monoisotopic (exact) mass is 266 g/mol. The van der Waals surface area contributed by atoms with E-state index in [1.807, 2.05) is 0 Å². The maximum Gasteiger partial charge on any atom is 0.238 e. The first-order chi connectivity index (χ1) is 6.86. The van der Waals surface area contributed by atoms with E-state index in [1.165, 1.54) is 6.07 Å². The van der Waals surface area contributed by atoms with Crippen LogP contribution in [0.5, 0.6) is 0 Å². The van der Waals surface area contributed by atoms with Crippen LogP contribution in [0.3, 0.4) is 0 Å². The van der Waals surface area contributed by atoms with Crippen LogP contribution in [0, 0.1) is 6.92 Å². The average Bonchev–Trinajstić information content (AvgIpc) is 2.15. The second-order valence-corrected chi connectivity index (χ2v) is 4.85. The second kappa shape index (κ2) is 5.60. The Labute approximate surface area is 101 Å². The number of rotatable bonds is 3. The Morgan fingerprint density at radius 3 is 2.44 bits per heavy atom. The number of aliphatic hydroxyl groups excluding tert-OH is 1. The number of benzene rings is 1. The molecule has 1 atom stereocenters. The van der Waals surface area contributed by atoms with Crippen molar-refractivity contribution in [3.05, 3.63) is 29.3 Å². The fourth-order valence-electron chi connectivity index (χ4n) is 1.27. The zero-order valence-electron chi connectivity index (χ0n) is 8.75. The zero-order valence-corrected chi connectivity index (χ0v) is 10.4. The summed E-state index contributed by atoms with van der Waals surface area (Å²) in [5.74, 6) is 0. The van der Waals surface area contributed by atoms with E-state index >= 15 is 0 Å². The van der Waals surface area contributed by atoms with E-state index in [4.69, 9.17) is 10.9 Å². The van der Waals surface area contributed by atoms with Crippen molar-refractivity contribution in [2.75, 3.05) is 6.54 Å². The zero-order chi connectivity index (χ0) is 11.6. The van der Waals surface area contributed by atoms with E-state index in [0.29, 0.717) is 11.1 Å². The highest BCUT2D eigenvalue weighted by Crippen LogP contribution is 2.19. The van der Waals surface area contributed by atoms with Crippen LogP contribution in [-0.2, 0) is 10.0 Å². The molecule has 0 aliphatic rings. The fraction of sp³-hybridized carbons (Fsp3) is 0.333. The van der Waals surface area contributed by atoms with Crippen LogP contribution < -0.4 is 10.9 Å². The predicted molar refractivity (Wildman–Crippen MR) is 63.8 cm³/mol. The molecule has 0 aliphatic heterocycles. The molecule has 0 aromatic heterocycles. The fourth-order valence-corrected chi connectivity index (χ4v) is 2.08. The van der Waals surface area contributed by atoms with Crippen molar-refractivity contribution < 1.29 is 13.5 Å². The largest absolute Gasteiger partial charge is 0.387 e. The summed E-state index contributed by atoms with van der Waals surface area (Å²) in [4.78, 5) is 0.0208. The number of aryl methyl sites for hydroxylation is 1. The third kappa shape index (κ3) is 3.43. The molecule has 5 N–H and O–H groups in total. The molecule has 0 bridgehead atoms. The molecule has 0 saturated heterocycles. The Hall–Kier alpha value is -0.660. The molecule has 92 valence electrons. The lowest BCUT2D eigenvalue weighted by molar-refractivity contribution is 0.186. The first kappa shape index (κ1) is 15.3. The number of hydrogen-bond acceptors (Lipinski definition) is 4. The molecule has 0 amide bonds. The first-order valence-corrected chi connectivity index (χ1v) is 5.92. The maximum absolute atomic E-state index is 11.2. The summed E-state index contributed by atoms with van der Waals surface area (Å²) in [6.07, 6.45) is -0.869. The Balaban J connectivity index is 0.00000225. The highest BCUT2D eigenvalue weighted by atomic mass is 35.5. The minimum atomic E-state index is -3.75. The van der Waals surface area contributed by atoms with Gasteiger partial charge in [0, 0.05) is 6.54 Å². The molecule has 1 aromatic carbocycles. The highest BCUT2D eigenvalue weighted by molar-refractivity contribution is 7.89. The van der Waals surface area contributed by atoms with Crippen molar-refractivity contribution in [2.24, 2.45) is 10.9 Å². The summed E-state index contributed by atoms with van der Waals surface area (Å²) in [7, 11) is -3.75. The summed E-state index contributed by atoms with van der Waals surface area (Å²) in [6.45, 7) is 1.67. The lowest BCUT2D eigenvalue weighted by Crippen LogP contribution is -2.16. The van der Waals surface area contributed by atoms with Crippen molar-refractivity contribution in [2.45, 2.75) is 17.9 Å². The van der Waals surface area contributed by atoms with E-state index in [1.54, 1.807) is 19.1 Å². The summed E-state index contributed by atoms with van der Waals surface area (Å²) in [6, 6.07) is 4.57. The van der Waals surface area contributed by atoms with E-state index in [0.717, 1.165) is 0 Å². The minimum absolute atomic E-state index is 0. The van der Waals surface area contributed by atoms with Gasteiger partial charge in [-0.1, -0.05) is 12.1 Å². The molecule has 0 saturated carbocycles. The minimum Gasteiger partial charge on any atom is -0.387 e. The SMILES string of the molecule is Cc1ccc(C(O)CN)cc1S(N)(=O)=O.Cl. The third-order valence-electron chi connectivity index (χ3n) is 2.13. The number of aliphatic hydroxyl groups is 1. The average molecular weight is 267 g/mol.